The molecule has 0 bridgehead atoms. The van der Waals surface area contributed by atoms with Crippen LogP contribution in [0.4, 0.5) is 5.69 Å². The van der Waals surface area contributed by atoms with Crippen LogP contribution in [0.5, 0.6) is 0 Å². The number of thioether (sulfide) groups is 1. The summed E-state index contributed by atoms with van der Waals surface area (Å²) in [7, 11) is 0. The Labute approximate surface area is 170 Å². The molecule has 2 rings (SSSR count). The third kappa shape index (κ3) is 6.41. The van der Waals surface area contributed by atoms with Gasteiger partial charge in [0.1, 0.15) is 0 Å². The molecule has 0 aliphatic carbocycles. The molecule has 0 unspecified atom stereocenters. The Morgan fingerprint density at radius 3 is 2.56 bits per heavy atom. The summed E-state index contributed by atoms with van der Waals surface area (Å²) in [5, 5.41) is 5.14. The highest BCUT2D eigenvalue weighted by Crippen LogP contribution is 2.21. The number of ether oxygens (including phenoxy) is 1. The Kier molecular flexibility index (Phi) is 7.87. The number of anilines is 1. The topological polar surface area (TPSA) is 84.5 Å². The fourth-order valence-corrected chi connectivity index (χ4v) is 3.28. The Hall–Kier alpha value is -2.32. The van der Waals surface area contributed by atoms with Crippen molar-refractivity contribution in [3.63, 3.8) is 0 Å². The van der Waals surface area contributed by atoms with Gasteiger partial charge in [-0.1, -0.05) is 28.1 Å². The van der Waals surface area contributed by atoms with Crippen LogP contribution in [0, 0.1) is 6.92 Å². The summed E-state index contributed by atoms with van der Waals surface area (Å²) in [5.41, 5.74) is 1.96. The van der Waals surface area contributed by atoms with Crippen LogP contribution in [-0.4, -0.2) is 37.2 Å². The molecule has 0 aromatic heterocycles. The maximum Gasteiger partial charge on any atom is 0.339 e. The van der Waals surface area contributed by atoms with Gasteiger partial charge in [0.2, 0.25) is 5.91 Å². The average Bonchev–Trinajstić information content (AvgIpc) is 2.66. The lowest BCUT2D eigenvalue weighted by Gasteiger charge is -2.10. The lowest BCUT2D eigenvalue weighted by molar-refractivity contribution is -0.126. The van der Waals surface area contributed by atoms with Gasteiger partial charge in [-0.3, -0.25) is 9.59 Å². The minimum Gasteiger partial charge on any atom is -0.452 e. The van der Waals surface area contributed by atoms with Crippen LogP contribution in [0.25, 0.3) is 0 Å². The van der Waals surface area contributed by atoms with Gasteiger partial charge < -0.3 is 15.4 Å². The highest BCUT2D eigenvalue weighted by Gasteiger charge is 2.14. The minimum atomic E-state index is -0.579. The van der Waals surface area contributed by atoms with Crippen molar-refractivity contribution in [2.75, 3.05) is 24.7 Å². The number of carbonyl (C=O) groups excluding carboxylic acids is 3. The van der Waals surface area contributed by atoms with Crippen molar-refractivity contribution >= 4 is 51.2 Å². The zero-order valence-corrected chi connectivity index (χ0v) is 17.3. The average molecular weight is 451 g/mol. The largest absolute Gasteiger partial charge is 0.452 e. The second-order valence-corrected chi connectivity index (χ2v) is 7.32. The maximum absolute atomic E-state index is 12.1. The second kappa shape index (κ2) is 10.1. The van der Waals surface area contributed by atoms with E-state index in [1.165, 1.54) is 11.8 Å². The van der Waals surface area contributed by atoms with Crippen LogP contribution >= 0.6 is 27.7 Å². The monoisotopic (exact) mass is 450 g/mol. The van der Waals surface area contributed by atoms with Gasteiger partial charge in [-0.2, -0.15) is 0 Å². The lowest BCUT2D eigenvalue weighted by Crippen LogP contribution is -2.35. The van der Waals surface area contributed by atoms with E-state index in [9.17, 15) is 14.4 Å². The summed E-state index contributed by atoms with van der Waals surface area (Å²) in [6.45, 7) is 1.20. The van der Waals surface area contributed by atoms with Gasteiger partial charge in [0.05, 0.1) is 12.1 Å². The van der Waals surface area contributed by atoms with E-state index >= 15 is 0 Å². The van der Waals surface area contributed by atoms with Crippen molar-refractivity contribution < 1.29 is 19.1 Å². The van der Waals surface area contributed by atoms with E-state index in [1.54, 1.807) is 24.3 Å². The number of aryl methyl sites for hydroxylation is 1. The van der Waals surface area contributed by atoms with Crippen molar-refractivity contribution in [2.24, 2.45) is 0 Å². The minimum absolute atomic E-state index is 0.215. The molecular weight excluding hydrogens is 432 g/mol. The van der Waals surface area contributed by atoms with E-state index < -0.39 is 18.5 Å². The molecule has 2 aromatic rings. The Bertz CT molecular complexity index is 857. The molecule has 27 heavy (non-hydrogen) atoms. The molecule has 0 fully saturated rings. The van der Waals surface area contributed by atoms with Gasteiger partial charge in [-0.15, -0.1) is 11.8 Å². The van der Waals surface area contributed by atoms with Gasteiger partial charge in [-0.25, -0.2) is 4.79 Å². The molecule has 0 atom stereocenters. The number of esters is 1. The number of hydrogen-bond donors (Lipinski definition) is 2. The quantitative estimate of drug-likeness (QED) is 0.498. The van der Waals surface area contributed by atoms with E-state index in [0.29, 0.717) is 11.3 Å². The molecule has 0 aliphatic rings. The molecule has 0 saturated carbocycles. The van der Waals surface area contributed by atoms with Crippen LogP contribution in [0.3, 0.4) is 0 Å². The van der Waals surface area contributed by atoms with Crippen LogP contribution in [0.15, 0.2) is 51.8 Å². The van der Waals surface area contributed by atoms with Crippen LogP contribution in [0.1, 0.15) is 15.9 Å². The molecule has 0 radical (unpaired) electrons. The van der Waals surface area contributed by atoms with Crippen molar-refractivity contribution in [2.45, 2.75) is 11.8 Å². The van der Waals surface area contributed by atoms with Gasteiger partial charge >= 0.3 is 5.97 Å². The predicted molar refractivity (Wildman–Crippen MR) is 109 cm³/mol. The van der Waals surface area contributed by atoms with Crippen LogP contribution in [0.2, 0.25) is 0 Å². The second-order valence-electron chi connectivity index (χ2n) is 5.56. The normalized spacial score (nSPS) is 10.2. The fourth-order valence-electron chi connectivity index (χ4n) is 2.21. The molecule has 2 aromatic carbocycles. The Morgan fingerprint density at radius 2 is 1.85 bits per heavy atom. The number of halogens is 1. The number of hydrogen-bond acceptors (Lipinski definition) is 5. The molecule has 2 amide bonds. The van der Waals surface area contributed by atoms with Gasteiger partial charge in [-0.05, 0) is 49.1 Å². The maximum atomic E-state index is 12.1. The molecule has 8 heteroatoms. The predicted octanol–water partition coefficient (Wildman–Crippen LogP) is 3.39. The van der Waals surface area contributed by atoms with E-state index in [0.717, 1.165) is 14.9 Å². The summed E-state index contributed by atoms with van der Waals surface area (Å²) in [6.07, 6.45) is 1.85. The first-order valence-electron chi connectivity index (χ1n) is 8.03. The third-order valence-electron chi connectivity index (χ3n) is 3.57. The van der Waals surface area contributed by atoms with E-state index in [4.69, 9.17) is 4.74 Å². The molecule has 6 nitrogen and oxygen atoms in total. The summed E-state index contributed by atoms with van der Waals surface area (Å²) < 4.78 is 5.93. The highest BCUT2D eigenvalue weighted by atomic mass is 79.9. The van der Waals surface area contributed by atoms with Crippen molar-refractivity contribution in [1.29, 1.82) is 0 Å². The molecule has 142 valence electrons. The zero-order valence-electron chi connectivity index (χ0n) is 14.9. The third-order valence-corrected chi connectivity index (χ3v) is 4.86. The zero-order chi connectivity index (χ0) is 19.8. The van der Waals surface area contributed by atoms with Crippen molar-refractivity contribution in [3.05, 3.63) is 58.1 Å². The lowest BCUT2D eigenvalue weighted by atomic mass is 10.2. The number of amides is 2. The first-order valence-corrected chi connectivity index (χ1v) is 10.1. The molecule has 0 aliphatic heterocycles. The first kappa shape index (κ1) is 21.0. The fraction of sp³-hybridized carbons (Fsp3) is 0.211. The standard InChI is InChI=1S/C19H19BrN2O4S/c1-12-9-13(20)7-8-15(12)22-17(23)10-21-18(24)11-26-19(25)14-5-3-4-6-16(14)27-2/h3-9H,10-11H2,1-2H3,(H,21,24)(H,22,23). The van der Waals surface area contributed by atoms with Crippen molar-refractivity contribution in [1.82, 2.24) is 5.32 Å². The van der Waals surface area contributed by atoms with Gasteiger partial charge in [0.25, 0.3) is 5.91 Å². The van der Waals surface area contributed by atoms with E-state index in [2.05, 4.69) is 26.6 Å². The molecular formula is C19H19BrN2O4S. The summed E-state index contributed by atoms with van der Waals surface area (Å²) in [5.74, 6) is -1.49. The molecule has 2 N–H and O–H groups in total. The molecule has 0 spiro atoms. The summed E-state index contributed by atoms with van der Waals surface area (Å²) in [6, 6.07) is 12.4. The van der Waals surface area contributed by atoms with Crippen LogP contribution in [-0.2, 0) is 14.3 Å². The number of rotatable bonds is 7. The first-order chi connectivity index (χ1) is 12.9. The smallest absolute Gasteiger partial charge is 0.339 e. The SMILES string of the molecule is CSc1ccccc1C(=O)OCC(=O)NCC(=O)Nc1ccc(Br)cc1C. The molecule has 0 heterocycles. The number of nitrogens with one attached hydrogen (secondary N) is 2. The van der Waals surface area contributed by atoms with Gasteiger partial charge in [0, 0.05) is 15.1 Å². The summed E-state index contributed by atoms with van der Waals surface area (Å²) in [4.78, 5) is 36.6. The number of benzene rings is 2. The number of carbonyl (C=O) groups is 3. The summed E-state index contributed by atoms with van der Waals surface area (Å²) >= 11 is 4.77. The molecule has 0 saturated heterocycles. The highest BCUT2D eigenvalue weighted by molar-refractivity contribution is 9.10. The van der Waals surface area contributed by atoms with Crippen LogP contribution < -0.4 is 10.6 Å². The van der Waals surface area contributed by atoms with E-state index in [1.807, 2.05) is 31.4 Å². The Morgan fingerprint density at radius 1 is 1.11 bits per heavy atom. The van der Waals surface area contributed by atoms with Gasteiger partial charge in [0.15, 0.2) is 6.61 Å². The van der Waals surface area contributed by atoms with Crippen molar-refractivity contribution in [3.8, 4) is 0 Å². The Balaban J connectivity index is 1.78. The van der Waals surface area contributed by atoms with E-state index in [-0.39, 0.29) is 12.5 Å².